The third kappa shape index (κ3) is 2.36. The van der Waals surface area contributed by atoms with Crippen LogP contribution in [0.1, 0.15) is 40.0 Å². The van der Waals surface area contributed by atoms with Crippen molar-refractivity contribution in [3.63, 3.8) is 0 Å². The molecular formula is C13H26N2. The Labute approximate surface area is 94.4 Å². The second kappa shape index (κ2) is 4.84. The normalized spacial score (nSPS) is 44.2. The van der Waals surface area contributed by atoms with Gasteiger partial charge in [0.2, 0.25) is 0 Å². The first kappa shape index (κ1) is 11.4. The summed E-state index contributed by atoms with van der Waals surface area (Å²) in [6.07, 6.45) is 4.17. The molecule has 88 valence electrons. The van der Waals surface area contributed by atoms with Crippen LogP contribution in [0.15, 0.2) is 0 Å². The zero-order valence-electron chi connectivity index (χ0n) is 10.5. The summed E-state index contributed by atoms with van der Waals surface area (Å²) in [6, 6.07) is 1.57. The van der Waals surface area contributed by atoms with Gasteiger partial charge in [-0.15, -0.1) is 0 Å². The van der Waals surface area contributed by atoms with Gasteiger partial charge in [0.1, 0.15) is 0 Å². The molecule has 0 aliphatic carbocycles. The quantitative estimate of drug-likeness (QED) is 0.713. The minimum atomic E-state index is 0.783. The van der Waals surface area contributed by atoms with Crippen molar-refractivity contribution in [3.8, 4) is 0 Å². The number of rotatable bonds is 1. The van der Waals surface area contributed by atoms with E-state index in [2.05, 4.69) is 31.0 Å². The number of nitrogens with zero attached hydrogens (tertiary/aromatic N) is 1. The summed E-state index contributed by atoms with van der Waals surface area (Å²) in [4.78, 5) is 2.77. The second-order valence-corrected chi connectivity index (χ2v) is 5.64. The van der Waals surface area contributed by atoms with Crippen LogP contribution in [0.5, 0.6) is 0 Å². The molecule has 2 heterocycles. The smallest absolute Gasteiger partial charge is 0.0249 e. The van der Waals surface area contributed by atoms with Gasteiger partial charge in [0, 0.05) is 18.6 Å². The van der Waals surface area contributed by atoms with Crippen LogP contribution in [0.2, 0.25) is 0 Å². The van der Waals surface area contributed by atoms with Crippen molar-refractivity contribution in [2.24, 2.45) is 11.8 Å². The van der Waals surface area contributed by atoms with Crippen molar-refractivity contribution in [2.75, 3.05) is 19.6 Å². The summed E-state index contributed by atoms with van der Waals surface area (Å²) in [6.45, 7) is 11.0. The number of nitrogens with one attached hydrogen (secondary N) is 1. The fraction of sp³-hybridized carbons (Fsp3) is 1.00. The van der Waals surface area contributed by atoms with E-state index in [1.165, 1.54) is 38.9 Å². The van der Waals surface area contributed by atoms with E-state index in [0.717, 1.165) is 23.9 Å². The fourth-order valence-corrected chi connectivity index (χ4v) is 3.25. The molecule has 2 aliphatic rings. The Bertz CT molecular complexity index is 205. The van der Waals surface area contributed by atoms with E-state index >= 15 is 0 Å². The minimum absolute atomic E-state index is 0.783. The zero-order chi connectivity index (χ0) is 10.8. The van der Waals surface area contributed by atoms with E-state index < -0.39 is 0 Å². The lowest BCUT2D eigenvalue weighted by Gasteiger charge is -2.46. The molecule has 1 N–H and O–H groups in total. The first-order valence-electron chi connectivity index (χ1n) is 6.66. The summed E-state index contributed by atoms with van der Waals surface area (Å²) in [5.74, 6) is 1.76. The van der Waals surface area contributed by atoms with E-state index in [1.807, 2.05) is 0 Å². The predicted molar refractivity (Wildman–Crippen MR) is 65.0 cm³/mol. The molecule has 2 rings (SSSR count). The first-order chi connectivity index (χ1) is 7.20. The molecule has 0 spiro atoms. The molecule has 2 aliphatic heterocycles. The van der Waals surface area contributed by atoms with Gasteiger partial charge in [-0.1, -0.05) is 13.8 Å². The van der Waals surface area contributed by atoms with Gasteiger partial charge in [0.15, 0.2) is 0 Å². The van der Waals surface area contributed by atoms with E-state index in [0.29, 0.717) is 0 Å². The highest BCUT2D eigenvalue weighted by Crippen LogP contribution is 2.28. The highest BCUT2D eigenvalue weighted by molar-refractivity contribution is 4.89. The predicted octanol–water partition coefficient (Wildman–Crippen LogP) is 2.10. The Hall–Kier alpha value is -0.0800. The van der Waals surface area contributed by atoms with Crippen molar-refractivity contribution in [2.45, 2.75) is 52.1 Å². The van der Waals surface area contributed by atoms with Crippen LogP contribution in [0.25, 0.3) is 0 Å². The molecule has 4 atom stereocenters. The van der Waals surface area contributed by atoms with Crippen LogP contribution >= 0.6 is 0 Å². The largest absolute Gasteiger partial charge is 0.315 e. The number of likely N-dealkylation sites (tertiary alicyclic amines) is 1. The second-order valence-electron chi connectivity index (χ2n) is 5.64. The molecule has 15 heavy (non-hydrogen) atoms. The summed E-state index contributed by atoms with van der Waals surface area (Å²) in [7, 11) is 0. The SMILES string of the molecule is CC1CCCN(C2CNCCC2C)C1C. The lowest BCUT2D eigenvalue weighted by atomic mass is 9.86. The maximum absolute atomic E-state index is 3.56. The average molecular weight is 210 g/mol. The molecule has 2 heteroatoms. The first-order valence-corrected chi connectivity index (χ1v) is 6.66. The Morgan fingerprint density at radius 3 is 2.60 bits per heavy atom. The van der Waals surface area contributed by atoms with E-state index in [-0.39, 0.29) is 0 Å². The van der Waals surface area contributed by atoms with Crippen LogP contribution in [0.4, 0.5) is 0 Å². The molecule has 4 unspecified atom stereocenters. The van der Waals surface area contributed by atoms with Gasteiger partial charge in [-0.25, -0.2) is 0 Å². The Balaban J connectivity index is 2.01. The van der Waals surface area contributed by atoms with Crippen molar-refractivity contribution < 1.29 is 0 Å². The lowest BCUT2D eigenvalue weighted by molar-refractivity contribution is 0.0327. The van der Waals surface area contributed by atoms with Crippen molar-refractivity contribution in [3.05, 3.63) is 0 Å². The van der Waals surface area contributed by atoms with Gasteiger partial charge in [-0.3, -0.25) is 4.90 Å². The molecule has 0 amide bonds. The van der Waals surface area contributed by atoms with Crippen molar-refractivity contribution in [1.82, 2.24) is 10.2 Å². The molecule has 0 aromatic heterocycles. The summed E-state index contributed by atoms with van der Waals surface area (Å²) in [5.41, 5.74) is 0. The van der Waals surface area contributed by atoms with Crippen LogP contribution < -0.4 is 5.32 Å². The molecular weight excluding hydrogens is 184 g/mol. The highest BCUT2D eigenvalue weighted by atomic mass is 15.2. The van der Waals surface area contributed by atoms with Crippen molar-refractivity contribution >= 4 is 0 Å². The maximum Gasteiger partial charge on any atom is 0.0249 e. The molecule has 2 saturated heterocycles. The number of hydrogen-bond acceptors (Lipinski definition) is 2. The topological polar surface area (TPSA) is 15.3 Å². The van der Waals surface area contributed by atoms with Gasteiger partial charge >= 0.3 is 0 Å². The standard InChI is InChI=1S/C13H26N2/c1-10-5-4-8-15(12(10)3)13-9-14-7-6-11(13)2/h10-14H,4-9H2,1-3H3. The molecule has 0 aromatic rings. The van der Waals surface area contributed by atoms with Gasteiger partial charge in [0.05, 0.1) is 0 Å². The summed E-state index contributed by atoms with van der Waals surface area (Å²) < 4.78 is 0. The zero-order valence-corrected chi connectivity index (χ0v) is 10.5. The lowest BCUT2D eigenvalue weighted by Crippen LogP contribution is -2.56. The molecule has 2 fully saturated rings. The van der Waals surface area contributed by atoms with E-state index in [1.54, 1.807) is 0 Å². The van der Waals surface area contributed by atoms with Gasteiger partial charge < -0.3 is 5.32 Å². The van der Waals surface area contributed by atoms with Gasteiger partial charge in [-0.2, -0.15) is 0 Å². The highest BCUT2D eigenvalue weighted by Gasteiger charge is 2.33. The Kier molecular flexibility index (Phi) is 3.68. The molecule has 2 nitrogen and oxygen atoms in total. The monoisotopic (exact) mass is 210 g/mol. The molecule has 0 bridgehead atoms. The third-order valence-corrected chi connectivity index (χ3v) is 4.64. The van der Waals surface area contributed by atoms with Crippen molar-refractivity contribution in [1.29, 1.82) is 0 Å². The van der Waals surface area contributed by atoms with Gasteiger partial charge in [0.25, 0.3) is 0 Å². The summed E-state index contributed by atoms with van der Waals surface area (Å²) in [5, 5.41) is 3.56. The minimum Gasteiger partial charge on any atom is -0.315 e. The molecule has 0 aromatic carbocycles. The fourth-order valence-electron chi connectivity index (χ4n) is 3.25. The third-order valence-electron chi connectivity index (χ3n) is 4.64. The van der Waals surface area contributed by atoms with Crippen LogP contribution in [-0.2, 0) is 0 Å². The maximum atomic E-state index is 3.56. The number of hydrogen-bond donors (Lipinski definition) is 1. The van der Waals surface area contributed by atoms with Crippen LogP contribution in [0, 0.1) is 11.8 Å². The van der Waals surface area contributed by atoms with Gasteiger partial charge in [-0.05, 0) is 51.1 Å². The molecule has 0 saturated carbocycles. The average Bonchev–Trinajstić information content (AvgIpc) is 2.23. The number of piperidine rings is 2. The van der Waals surface area contributed by atoms with Crippen LogP contribution in [0.3, 0.4) is 0 Å². The van der Waals surface area contributed by atoms with E-state index in [4.69, 9.17) is 0 Å². The Morgan fingerprint density at radius 2 is 1.87 bits per heavy atom. The van der Waals surface area contributed by atoms with E-state index in [9.17, 15) is 0 Å². The molecule has 0 radical (unpaired) electrons. The Morgan fingerprint density at radius 1 is 1.07 bits per heavy atom. The summed E-state index contributed by atoms with van der Waals surface area (Å²) >= 11 is 0. The van der Waals surface area contributed by atoms with Crippen LogP contribution in [-0.4, -0.2) is 36.6 Å².